The Bertz CT molecular complexity index is 1440. The number of aromatic nitrogens is 4. The first kappa shape index (κ1) is 20.7. The standard InChI is InChI=1S/C19H15ClN4O4S3/c20-13-4-2-1-3-11(13)12-7-29-18-15(12)16(25)21-14(22-18)8-30-19-24-23-17(28-19)10-5-6-31(26,27)9-10/h1-4,7,10H,5-6,8-9H2,(H,21,22,25)/t10-/m1/s1. The number of thioether (sulfide) groups is 1. The molecule has 1 aliphatic rings. The van der Waals surface area contributed by atoms with E-state index in [2.05, 4.69) is 20.2 Å². The molecule has 3 aromatic heterocycles. The number of thiophene rings is 1. The molecule has 5 rings (SSSR count). The number of fused-ring (bicyclic) bond motifs is 1. The first-order valence-electron chi connectivity index (χ1n) is 9.31. The SMILES string of the molecule is O=c1[nH]c(CSc2nnc([C@@H]3CCS(=O)(=O)C3)o2)nc2scc(-c3ccccc3Cl)c12. The molecule has 4 heterocycles. The van der Waals surface area contributed by atoms with Crippen LogP contribution in [0.25, 0.3) is 21.3 Å². The lowest BCUT2D eigenvalue weighted by molar-refractivity contribution is 0.393. The average Bonchev–Trinajstić information content (AvgIpc) is 3.45. The number of aromatic amines is 1. The topological polar surface area (TPSA) is 119 Å². The van der Waals surface area contributed by atoms with Crippen molar-refractivity contribution in [2.75, 3.05) is 11.5 Å². The minimum absolute atomic E-state index is 0.0387. The highest BCUT2D eigenvalue weighted by Gasteiger charge is 2.32. The molecule has 0 bridgehead atoms. The predicted molar refractivity (Wildman–Crippen MR) is 121 cm³/mol. The highest BCUT2D eigenvalue weighted by molar-refractivity contribution is 7.98. The Morgan fingerprint density at radius 1 is 1.26 bits per heavy atom. The van der Waals surface area contributed by atoms with Crippen LogP contribution in [0.2, 0.25) is 5.02 Å². The molecule has 1 aromatic carbocycles. The van der Waals surface area contributed by atoms with Crippen LogP contribution in [0, 0.1) is 0 Å². The van der Waals surface area contributed by atoms with Gasteiger partial charge in [-0.2, -0.15) is 0 Å². The molecule has 4 aromatic rings. The van der Waals surface area contributed by atoms with Gasteiger partial charge in [-0.05, 0) is 12.5 Å². The van der Waals surface area contributed by atoms with Gasteiger partial charge in [-0.1, -0.05) is 41.6 Å². The monoisotopic (exact) mass is 494 g/mol. The molecule has 0 saturated carbocycles. The predicted octanol–water partition coefficient (Wildman–Crippen LogP) is 3.88. The Morgan fingerprint density at radius 3 is 2.87 bits per heavy atom. The molecule has 160 valence electrons. The molecular formula is C19H15ClN4O4S3. The van der Waals surface area contributed by atoms with Crippen LogP contribution in [0.5, 0.6) is 0 Å². The van der Waals surface area contributed by atoms with Gasteiger partial charge in [-0.3, -0.25) is 4.79 Å². The first-order chi connectivity index (χ1) is 14.9. The number of nitrogens with zero attached hydrogens (tertiary/aromatic N) is 3. The molecule has 1 atom stereocenters. The van der Waals surface area contributed by atoms with Gasteiger partial charge in [-0.25, -0.2) is 13.4 Å². The highest BCUT2D eigenvalue weighted by Crippen LogP contribution is 2.35. The summed E-state index contributed by atoms with van der Waals surface area (Å²) >= 11 is 8.91. The van der Waals surface area contributed by atoms with Crippen LogP contribution in [0.15, 0.2) is 44.1 Å². The van der Waals surface area contributed by atoms with E-state index in [4.69, 9.17) is 16.0 Å². The summed E-state index contributed by atoms with van der Waals surface area (Å²) < 4.78 is 28.9. The van der Waals surface area contributed by atoms with E-state index in [9.17, 15) is 13.2 Å². The Labute approximate surface area is 190 Å². The summed E-state index contributed by atoms with van der Waals surface area (Å²) in [7, 11) is -3.03. The molecule has 0 spiro atoms. The van der Waals surface area contributed by atoms with Crippen molar-refractivity contribution in [2.24, 2.45) is 0 Å². The molecule has 12 heteroatoms. The smallest absolute Gasteiger partial charge is 0.277 e. The zero-order valence-corrected chi connectivity index (χ0v) is 19.1. The Hall–Kier alpha value is -2.21. The zero-order chi connectivity index (χ0) is 21.6. The van der Waals surface area contributed by atoms with E-state index >= 15 is 0 Å². The summed E-state index contributed by atoms with van der Waals surface area (Å²) in [5.74, 6) is 1.08. The van der Waals surface area contributed by atoms with Crippen molar-refractivity contribution in [2.45, 2.75) is 23.3 Å². The van der Waals surface area contributed by atoms with Crippen molar-refractivity contribution in [1.82, 2.24) is 20.2 Å². The average molecular weight is 495 g/mol. The van der Waals surface area contributed by atoms with E-state index in [0.29, 0.717) is 44.4 Å². The van der Waals surface area contributed by atoms with Gasteiger partial charge in [0.15, 0.2) is 9.84 Å². The maximum Gasteiger partial charge on any atom is 0.277 e. The molecule has 0 amide bonds. The van der Waals surface area contributed by atoms with Crippen molar-refractivity contribution in [3.8, 4) is 11.1 Å². The summed E-state index contributed by atoms with van der Waals surface area (Å²) in [5.41, 5.74) is 1.31. The second kappa shape index (κ2) is 8.05. The molecule has 31 heavy (non-hydrogen) atoms. The minimum atomic E-state index is -3.03. The second-order valence-electron chi connectivity index (χ2n) is 7.12. The normalized spacial score (nSPS) is 18.0. The molecule has 1 N–H and O–H groups in total. The lowest BCUT2D eigenvalue weighted by atomic mass is 10.1. The highest BCUT2D eigenvalue weighted by atomic mass is 35.5. The first-order valence-corrected chi connectivity index (χ1v) is 13.4. The number of benzene rings is 1. The van der Waals surface area contributed by atoms with Gasteiger partial charge in [0.05, 0.1) is 28.6 Å². The number of nitrogens with one attached hydrogen (secondary N) is 1. The molecule has 1 aliphatic heterocycles. The number of halogens is 1. The van der Waals surface area contributed by atoms with Crippen LogP contribution in [-0.4, -0.2) is 40.1 Å². The van der Waals surface area contributed by atoms with Crippen LogP contribution in [-0.2, 0) is 15.6 Å². The summed E-state index contributed by atoms with van der Waals surface area (Å²) in [5, 5.41) is 11.2. The Morgan fingerprint density at radius 2 is 2.10 bits per heavy atom. The maximum atomic E-state index is 12.8. The molecular weight excluding hydrogens is 480 g/mol. The fourth-order valence-corrected chi connectivity index (χ4v) is 7.07. The Balaban J connectivity index is 1.35. The van der Waals surface area contributed by atoms with Crippen LogP contribution >= 0.6 is 34.7 Å². The van der Waals surface area contributed by atoms with Gasteiger partial charge in [0, 0.05) is 21.5 Å². The van der Waals surface area contributed by atoms with Gasteiger partial charge < -0.3 is 9.40 Å². The quantitative estimate of drug-likeness (QED) is 0.415. The largest absolute Gasteiger partial charge is 0.416 e. The summed E-state index contributed by atoms with van der Waals surface area (Å²) in [6.45, 7) is 0. The summed E-state index contributed by atoms with van der Waals surface area (Å²) in [6, 6.07) is 7.37. The minimum Gasteiger partial charge on any atom is -0.416 e. The second-order valence-corrected chi connectivity index (χ2v) is 11.5. The van der Waals surface area contributed by atoms with E-state index in [0.717, 1.165) is 11.1 Å². The third kappa shape index (κ3) is 4.14. The van der Waals surface area contributed by atoms with E-state index in [-0.39, 0.29) is 23.0 Å². The van der Waals surface area contributed by atoms with Crippen molar-refractivity contribution < 1.29 is 12.8 Å². The van der Waals surface area contributed by atoms with Crippen LogP contribution in [0.4, 0.5) is 0 Å². The van der Waals surface area contributed by atoms with Crippen molar-refractivity contribution >= 4 is 54.8 Å². The van der Waals surface area contributed by atoms with Crippen LogP contribution < -0.4 is 5.56 Å². The van der Waals surface area contributed by atoms with E-state index in [1.807, 2.05) is 23.6 Å². The number of sulfone groups is 1. The van der Waals surface area contributed by atoms with Crippen molar-refractivity contribution in [1.29, 1.82) is 0 Å². The fourth-order valence-electron chi connectivity index (χ4n) is 3.50. The number of hydrogen-bond acceptors (Lipinski definition) is 9. The summed E-state index contributed by atoms with van der Waals surface area (Å²) in [6.07, 6.45) is 0.492. The lowest BCUT2D eigenvalue weighted by Crippen LogP contribution is -2.10. The van der Waals surface area contributed by atoms with E-state index in [1.54, 1.807) is 6.07 Å². The molecule has 0 aliphatic carbocycles. The van der Waals surface area contributed by atoms with Gasteiger partial charge in [0.2, 0.25) is 5.89 Å². The van der Waals surface area contributed by atoms with Crippen LogP contribution in [0.3, 0.4) is 0 Å². The van der Waals surface area contributed by atoms with Gasteiger partial charge in [-0.15, -0.1) is 21.5 Å². The third-order valence-electron chi connectivity index (χ3n) is 4.99. The molecule has 8 nitrogen and oxygen atoms in total. The maximum absolute atomic E-state index is 12.8. The van der Waals surface area contributed by atoms with Gasteiger partial charge in [0.1, 0.15) is 10.7 Å². The molecule has 1 fully saturated rings. The molecule has 0 unspecified atom stereocenters. The number of hydrogen-bond donors (Lipinski definition) is 1. The van der Waals surface area contributed by atoms with Crippen molar-refractivity contribution in [3.63, 3.8) is 0 Å². The third-order valence-corrected chi connectivity index (χ3v) is 8.79. The van der Waals surface area contributed by atoms with Gasteiger partial charge in [0.25, 0.3) is 10.8 Å². The summed E-state index contributed by atoms with van der Waals surface area (Å²) in [4.78, 5) is 20.8. The van der Waals surface area contributed by atoms with Crippen LogP contribution in [0.1, 0.15) is 24.1 Å². The van der Waals surface area contributed by atoms with Crippen molar-refractivity contribution in [3.05, 3.63) is 56.7 Å². The fraction of sp³-hybridized carbons (Fsp3) is 0.263. The number of rotatable bonds is 5. The molecule has 1 saturated heterocycles. The molecule has 0 radical (unpaired) electrons. The zero-order valence-electron chi connectivity index (χ0n) is 15.9. The Kier molecular flexibility index (Phi) is 5.37. The van der Waals surface area contributed by atoms with E-state index in [1.165, 1.54) is 23.1 Å². The lowest BCUT2D eigenvalue weighted by Gasteiger charge is -2.03. The van der Waals surface area contributed by atoms with E-state index < -0.39 is 9.84 Å². The number of H-pyrrole nitrogens is 1. The van der Waals surface area contributed by atoms with Gasteiger partial charge >= 0.3 is 0 Å².